The molecule has 0 N–H and O–H groups in total. The molecule has 0 nitrogen and oxygen atoms in total. The van der Waals surface area contributed by atoms with E-state index in [1.54, 1.807) is 0 Å². The maximum atomic E-state index is 5.96. The number of rotatable bonds is 1. The van der Waals surface area contributed by atoms with E-state index in [-0.39, 0.29) is 0 Å². The summed E-state index contributed by atoms with van der Waals surface area (Å²) in [5.74, 6) is 1.65. The summed E-state index contributed by atoms with van der Waals surface area (Å²) in [4.78, 5) is 0. The number of benzene rings is 1. The quantitative estimate of drug-likeness (QED) is 0.627. The van der Waals surface area contributed by atoms with Gasteiger partial charge in [-0.15, -0.1) is 0 Å². The molecule has 2 rings (SSSR count). The molecule has 0 saturated heterocycles. The van der Waals surface area contributed by atoms with Crippen molar-refractivity contribution in [3.8, 4) is 0 Å². The van der Waals surface area contributed by atoms with Crippen molar-refractivity contribution in [2.24, 2.45) is 5.92 Å². The summed E-state index contributed by atoms with van der Waals surface area (Å²) in [6.45, 7) is 2.34. The second kappa shape index (κ2) is 3.71. The zero-order valence-corrected chi connectivity index (χ0v) is 8.72. The summed E-state index contributed by atoms with van der Waals surface area (Å²) < 4.78 is 0. The smallest absolute Gasteiger partial charge is 0.0408 e. The molecule has 13 heavy (non-hydrogen) atoms. The van der Waals surface area contributed by atoms with Crippen molar-refractivity contribution < 1.29 is 0 Å². The predicted molar refractivity (Wildman–Crippen MR) is 57.2 cm³/mol. The van der Waals surface area contributed by atoms with Crippen LogP contribution in [-0.4, -0.2) is 0 Å². The van der Waals surface area contributed by atoms with Gasteiger partial charge in [0, 0.05) is 5.02 Å². The van der Waals surface area contributed by atoms with Crippen LogP contribution in [0.2, 0.25) is 5.02 Å². The SMILES string of the molecule is CC1CCC(c2cccc(Cl)c2)C1. The summed E-state index contributed by atoms with van der Waals surface area (Å²) in [6, 6.07) is 8.32. The summed E-state index contributed by atoms with van der Waals surface area (Å²) in [5.41, 5.74) is 1.43. The molecule has 0 radical (unpaired) electrons. The monoisotopic (exact) mass is 194 g/mol. The molecule has 1 aliphatic rings. The van der Waals surface area contributed by atoms with Gasteiger partial charge >= 0.3 is 0 Å². The zero-order valence-electron chi connectivity index (χ0n) is 7.96. The van der Waals surface area contributed by atoms with E-state index in [1.165, 1.54) is 24.8 Å². The Balaban J connectivity index is 2.16. The van der Waals surface area contributed by atoms with Gasteiger partial charge in [0.15, 0.2) is 0 Å². The van der Waals surface area contributed by atoms with Crippen molar-refractivity contribution in [2.75, 3.05) is 0 Å². The first-order valence-corrected chi connectivity index (χ1v) is 5.39. The van der Waals surface area contributed by atoms with Crippen LogP contribution in [0.15, 0.2) is 24.3 Å². The van der Waals surface area contributed by atoms with Gasteiger partial charge in [0.05, 0.1) is 0 Å². The molecule has 0 aromatic heterocycles. The molecule has 1 aromatic carbocycles. The van der Waals surface area contributed by atoms with Crippen molar-refractivity contribution in [3.05, 3.63) is 34.9 Å². The van der Waals surface area contributed by atoms with Gasteiger partial charge in [-0.3, -0.25) is 0 Å². The lowest BCUT2D eigenvalue weighted by Crippen LogP contribution is -1.92. The Morgan fingerprint density at radius 3 is 2.77 bits per heavy atom. The van der Waals surface area contributed by atoms with Crippen LogP contribution < -0.4 is 0 Å². The first-order chi connectivity index (χ1) is 6.25. The predicted octanol–water partition coefficient (Wildman–Crippen LogP) is 4.24. The van der Waals surface area contributed by atoms with Gasteiger partial charge in [-0.25, -0.2) is 0 Å². The molecule has 0 amide bonds. The molecule has 2 unspecified atom stereocenters. The molecule has 1 aromatic rings. The van der Waals surface area contributed by atoms with E-state index in [0.717, 1.165) is 16.9 Å². The molecule has 0 aliphatic heterocycles. The van der Waals surface area contributed by atoms with Gasteiger partial charge in [0.2, 0.25) is 0 Å². The average Bonchev–Trinajstić information content (AvgIpc) is 2.52. The van der Waals surface area contributed by atoms with Crippen molar-refractivity contribution in [1.82, 2.24) is 0 Å². The van der Waals surface area contributed by atoms with E-state index in [4.69, 9.17) is 11.6 Å². The maximum Gasteiger partial charge on any atom is 0.0408 e. The topological polar surface area (TPSA) is 0 Å². The molecule has 1 fully saturated rings. The Morgan fingerprint density at radius 1 is 1.31 bits per heavy atom. The van der Waals surface area contributed by atoms with Crippen LogP contribution in [0.5, 0.6) is 0 Å². The highest BCUT2D eigenvalue weighted by atomic mass is 35.5. The fourth-order valence-corrected chi connectivity index (χ4v) is 2.47. The third-order valence-corrected chi connectivity index (χ3v) is 3.25. The first-order valence-electron chi connectivity index (χ1n) is 5.01. The average molecular weight is 195 g/mol. The van der Waals surface area contributed by atoms with Crippen molar-refractivity contribution in [3.63, 3.8) is 0 Å². The highest BCUT2D eigenvalue weighted by Crippen LogP contribution is 2.38. The normalized spacial score (nSPS) is 27.8. The minimum atomic E-state index is 0.758. The van der Waals surface area contributed by atoms with Crippen molar-refractivity contribution in [2.45, 2.75) is 32.1 Å². The van der Waals surface area contributed by atoms with E-state index in [1.807, 2.05) is 6.07 Å². The van der Waals surface area contributed by atoms with E-state index in [0.29, 0.717) is 0 Å². The van der Waals surface area contributed by atoms with Gasteiger partial charge in [-0.1, -0.05) is 37.1 Å². The maximum absolute atomic E-state index is 5.96. The van der Waals surface area contributed by atoms with Gasteiger partial charge in [0.25, 0.3) is 0 Å². The second-order valence-corrected chi connectivity index (χ2v) is 4.61. The van der Waals surface area contributed by atoms with Crippen LogP contribution in [0.3, 0.4) is 0 Å². The lowest BCUT2D eigenvalue weighted by molar-refractivity contribution is 0.596. The molecule has 70 valence electrons. The molecule has 1 aliphatic carbocycles. The van der Waals surface area contributed by atoms with Gasteiger partial charge in [0.1, 0.15) is 0 Å². The van der Waals surface area contributed by atoms with E-state index < -0.39 is 0 Å². The Labute approximate surface area is 84.9 Å². The van der Waals surface area contributed by atoms with Gasteiger partial charge < -0.3 is 0 Å². The molecule has 1 heteroatoms. The molecule has 0 heterocycles. The Kier molecular flexibility index (Phi) is 2.59. The van der Waals surface area contributed by atoms with Crippen LogP contribution in [-0.2, 0) is 0 Å². The standard InChI is InChI=1S/C12H15Cl/c1-9-5-6-11(7-9)10-3-2-4-12(13)8-10/h2-4,8-9,11H,5-7H2,1H3. The van der Waals surface area contributed by atoms with E-state index in [2.05, 4.69) is 25.1 Å². The number of hydrogen-bond donors (Lipinski definition) is 0. The van der Waals surface area contributed by atoms with Crippen LogP contribution in [0.25, 0.3) is 0 Å². The first kappa shape index (κ1) is 9.08. The Hall–Kier alpha value is -0.490. The third kappa shape index (κ3) is 2.05. The fraction of sp³-hybridized carbons (Fsp3) is 0.500. The highest BCUT2D eigenvalue weighted by Gasteiger charge is 2.22. The molecule has 1 saturated carbocycles. The lowest BCUT2D eigenvalue weighted by Gasteiger charge is -2.09. The Morgan fingerprint density at radius 2 is 2.15 bits per heavy atom. The fourth-order valence-electron chi connectivity index (χ4n) is 2.27. The molecule has 0 spiro atoms. The van der Waals surface area contributed by atoms with Crippen LogP contribution in [0.1, 0.15) is 37.7 Å². The summed E-state index contributed by atoms with van der Waals surface area (Å²) in [6.07, 6.45) is 4.04. The molecular formula is C12H15Cl. The van der Waals surface area contributed by atoms with Crippen LogP contribution >= 0.6 is 11.6 Å². The van der Waals surface area contributed by atoms with Gasteiger partial charge in [-0.05, 0) is 42.4 Å². The molecular weight excluding hydrogens is 180 g/mol. The van der Waals surface area contributed by atoms with E-state index in [9.17, 15) is 0 Å². The van der Waals surface area contributed by atoms with Crippen LogP contribution in [0.4, 0.5) is 0 Å². The van der Waals surface area contributed by atoms with E-state index >= 15 is 0 Å². The zero-order chi connectivity index (χ0) is 9.26. The van der Waals surface area contributed by atoms with Crippen LogP contribution in [0, 0.1) is 5.92 Å². The molecule has 0 bridgehead atoms. The largest absolute Gasteiger partial charge is 0.0843 e. The summed E-state index contributed by atoms with van der Waals surface area (Å²) >= 11 is 5.96. The number of halogens is 1. The second-order valence-electron chi connectivity index (χ2n) is 4.17. The lowest BCUT2D eigenvalue weighted by atomic mass is 9.97. The summed E-state index contributed by atoms with van der Waals surface area (Å²) in [5, 5.41) is 0.872. The Bertz CT molecular complexity index is 293. The highest BCUT2D eigenvalue weighted by molar-refractivity contribution is 6.30. The summed E-state index contributed by atoms with van der Waals surface area (Å²) in [7, 11) is 0. The van der Waals surface area contributed by atoms with Crippen molar-refractivity contribution >= 4 is 11.6 Å². The van der Waals surface area contributed by atoms with Crippen molar-refractivity contribution in [1.29, 1.82) is 0 Å². The third-order valence-electron chi connectivity index (χ3n) is 3.01. The number of hydrogen-bond acceptors (Lipinski definition) is 0. The van der Waals surface area contributed by atoms with Gasteiger partial charge in [-0.2, -0.15) is 0 Å². The minimum Gasteiger partial charge on any atom is -0.0843 e. The minimum absolute atomic E-state index is 0.758. The molecule has 2 atom stereocenters.